The zero-order valence-electron chi connectivity index (χ0n) is 8.27. The van der Waals surface area contributed by atoms with Gasteiger partial charge in [0.05, 0.1) is 0 Å². The lowest BCUT2D eigenvalue weighted by molar-refractivity contribution is 0.260. The molecule has 0 unspecified atom stereocenters. The van der Waals surface area contributed by atoms with Gasteiger partial charge in [-0.15, -0.1) is 0 Å². The molecule has 0 atom stereocenters. The minimum Gasteiger partial charge on any atom is -0.324 e. The number of hydrogen-bond acceptors (Lipinski definition) is 2. The maximum absolute atomic E-state index is 5.98. The van der Waals surface area contributed by atoms with Crippen molar-refractivity contribution in [3.63, 3.8) is 0 Å². The first kappa shape index (κ1) is 8.52. The van der Waals surface area contributed by atoms with Crippen LogP contribution in [0.25, 0.3) is 0 Å². The second kappa shape index (κ2) is 2.46. The van der Waals surface area contributed by atoms with Gasteiger partial charge in [0.15, 0.2) is 0 Å². The van der Waals surface area contributed by atoms with E-state index in [1.807, 2.05) is 0 Å². The Kier molecular flexibility index (Phi) is 1.74. The Bertz CT molecular complexity index is 177. The molecule has 1 aliphatic carbocycles. The lowest BCUT2D eigenvalue weighted by Gasteiger charge is -2.26. The molecule has 0 amide bonds. The van der Waals surface area contributed by atoms with Crippen molar-refractivity contribution in [2.45, 2.75) is 38.6 Å². The van der Waals surface area contributed by atoms with Gasteiger partial charge in [-0.05, 0) is 45.1 Å². The van der Waals surface area contributed by atoms with Crippen LogP contribution in [0.2, 0.25) is 0 Å². The summed E-state index contributed by atoms with van der Waals surface area (Å²) in [6.07, 6.45) is 4.35. The van der Waals surface area contributed by atoms with Crippen LogP contribution in [0.1, 0.15) is 33.1 Å². The predicted molar refractivity (Wildman–Crippen MR) is 51.0 cm³/mol. The monoisotopic (exact) mass is 168 g/mol. The van der Waals surface area contributed by atoms with Crippen molar-refractivity contribution >= 4 is 0 Å². The summed E-state index contributed by atoms with van der Waals surface area (Å²) in [7, 11) is 0. The molecule has 0 radical (unpaired) electrons. The number of hydrogen-bond donors (Lipinski definition) is 1. The fourth-order valence-electron chi connectivity index (χ4n) is 2.32. The topological polar surface area (TPSA) is 29.3 Å². The van der Waals surface area contributed by atoms with Gasteiger partial charge in [-0.2, -0.15) is 0 Å². The van der Waals surface area contributed by atoms with Crippen molar-refractivity contribution in [2.24, 2.45) is 11.1 Å². The fourth-order valence-corrected chi connectivity index (χ4v) is 2.32. The van der Waals surface area contributed by atoms with Crippen LogP contribution < -0.4 is 5.73 Å². The first-order chi connectivity index (χ1) is 5.49. The lowest BCUT2D eigenvalue weighted by atomic mass is 10.1. The molecule has 0 bridgehead atoms. The minimum atomic E-state index is -0.0135. The van der Waals surface area contributed by atoms with E-state index in [0.29, 0.717) is 0 Å². The molecule has 1 saturated heterocycles. The average Bonchev–Trinajstić information content (AvgIpc) is 2.49. The van der Waals surface area contributed by atoms with Gasteiger partial charge in [0.25, 0.3) is 0 Å². The molecule has 1 heterocycles. The molecule has 1 aliphatic heterocycles. The molecule has 2 rings (SSSR count). The summed E-state index contributed by atoms with van der Waals surface area (Å²) in [5, 5.41) is 0. The summed E-state index contributed by atoms with van der Waals surface area (Å²) in [4.78, 5) is 2.53. The Morgan fingerprint density at radius 2 is 2.00 bits per heavy atom. The van der Waals surface area contributed by atoms with Crippen molar-refractivity contribution in [2.75, 3.05) is 19.6 Å². The molecule has 2 aliphatic rings. The summed E-state index contributed by atoms with van der Waals surface area (Å²) in [5.74, 6) is 0. The second-order valence-electron chi connectivity index (χ2n) is 5.45. The minimum absolute atomic E-state index is 0.0135. The van der Waals surface area contributed by atoms with Gasteiger partial charge in [0.1, 0.15) is 0 Å². The van der Waals surface area contributed by atoms with Crippen molar-refractivity contribution in [1.82, 2.24) is 4.90 Å². The van der Waals surface area contributed by atoms with Gasteiger partial charge in [-0.1, -0.05) is 0 Å². The number of likely N-dealkylation sites (tertiary alicyclic amines) is 1. The molecule has 2 nitrogen and oxygen atoms in total. The Labute approximate surface area is 75.1 Å². The normalized spacial score (nSPS) is 28.2. The lowest BCUT2D eigenvalue weighted by Crippen LogP contribution is -2.44. The Morgan fingerprint density at radius 1 is 1.33 bits per heavy atom. The van der Waals surface area contributed by atoms with Crippen LogP contribution in [0, 0.1) is 5.41 Å². The van der Waals surface area contributed by atoms with E-state index in [2.05, 4.69) is 18.7 Å². The highest BCUT2D eigenvalue weighted by molar-refractivity contribution is 5.01. The van der Waals surface area contributed by atoms with Crippen LogP contribution in [0.5, 0.6) is 0 Å². The molecule has 0 aromatic rings. The Morgan fingerprint density at radius 3 is 2.42 bits per heavy atom. The average molecular weight is 168 g/mol. The zero-order chi connectivity index (χ0) is 8.82. The molecule has 2 heteroatoms. The Balaban J connectivity index is 1.84. The molecular weight excluding hydrogens is 148 g/mol. The highest BCUT2D eigenvalue weighted by Gasteiger charge is 2.47. The quantitative estimate of drug-likeness (QED) is 0.671. The largest absolute Gasteiger partial charge is 0.324 e. The van der Waals surface area contributed by atoms with Gasteiger partial charge in [0.2, 0.25) is 0 Å². The Hall–Kier alpha value is -0.0800. The standard InChI is InChI=1S/C10H20N2/c1-9(2,11)7-12-6-5-10(8-12)3-4-10/h3-8,11H2,1-2H3. The van der Waals surface area contributed by atoms with E-state index < -0.39 is 0 Å². The summed E-state index contributed by atoms with van der Waals surface area (Å²) >= 11 is 0. The summed E-state index contributed by atoms with van der Waals surface area (Å²) < 4.78 is 0. The molecular formula is C10H20N2. The zero-order valence-corrected chi connectivity index (χ0v) is 8.27. The summed E-state index contributed by atoms with van der Waals surface area (Å²) in [6.45, 7) is 7.89. The molecule has 0 aromatic carbocycles. The number of nitrogens with two attached hydrogens (primary N) is 1. The highest BCUT2D eigenvalue weighted by Crippen LogP contribution is 2.52. The molecule has 12 heavy (non-hydrogen) atoms. The second-order valence-corrected chi connectivity index (χ2v) is 5.45. The van der Waals surface area contributed by atoms with Crippen LogP contribution in [0.3, 0.4) is 0 Å². The van der Waals surface area contributed by atoms with Crippen LogP contribution in [0.15, 0.2) is 0 Å². The molecule has 2 fully saturated rings. The third-order valence-corrected chi connectivity index (χ3v) is 3.11. The number of rotatable bonds is 2. The van der Waals surface area contributed by atoms with Crippen molar-refractivity contribution in [1.29, 1.82) is 0 Å². The van der Waals surface area contributed by atoms with Gasteiger partial charge in [0, 0.05) is 18.6 Å². The van der Waals surface area contributed by atoms with Crippen LogP contribution >= 0.6 is 0 Å². The first-order valence-corrected chi connectivity index (χ1v) is 5.01. The van der Waals surface area contributed by atoms with E-state index in [-0.39, 0.29) is 5.54 Å². The third kappa shape index (κ3) is 1.80. The predicted octanol–water partition coefficient (Wildman–Crippen LogP) is 1.21. The third-order valence-electron chi connectivity index (χ3n) is 3.11. The van der Waals surface area contributed by atoms with E-state index in [1.165, 1.54) is 32.4 Å². The van der Waals surface area contributed by atoms with Crippen LogP contribution in [-0.2, 0) is 0 Å². The maximum atomic E-state index is 5.98. The van der Waals surface area contributed by atoms with E-state index in [0.717, 1.165) is 12.0 Å². The van der Waals surface area contributed by atoms with Crippen molar-refractivity contribution in [3.05, 3.63) is 0 Å². The SMILES string of the molecule is CC(C)(N)CN1CCC2(CC2)C1. The van der Waals surface area contributed by atoms with Gasteiger partial charge in [-0.25, -0.2) is 0 Å². The molecule has 0 aromatic heterocycles. The summed E-state index contributed by atoms with van der Waals surface area (Å²) in [6, 6.07) is 0. The molecule has 1 saturated carbocycles. The highest BCUT2D eigenvalue weighted by atomic mass is 15.2. The van der Waals surface area contributed by atoms with Crippen molar-refractivity contribution < 1.29 is 0 Å². The van der Waals surface area contributed by atoms with E-state index in [4.69, 9.17) is 5.73 Å². The number of nitrogens with zero attached hydrogens (tertiary/aromatic N) is 1. The van der Waals surface area contributed by atoms with Gasteiger partial charge < -0.3 is 10.6 Å². The molecule has 1 spiro atoms. The van der Waals surface area contributed by atoms with E-state index in [1.54, 1.807) is 0 Å². The van der Waals surface area contributed by atoms with Crippen LogP contribution in [-0.4, -0.2) is 30.1 Å². The van der Waals surface area contributed by atoms with E-state index in [9.17, 15) is 0 Å². The molecule has 2 N–H and O–H groups in total. The smallest absolute Gasteiger partial charge is 0.0226 e. The molecule has 70 valence electrons. The van der Waals surface area contributed by atoms with Crippen molar-refractivity contribution in [3.8, 4) is 0 Å². The van der Waals surface area contributed by atoms with Gasteiger partial charge >= 0.3 is 0 Å². The van der Waals surface area contributed by atoms with Gasteiger partial charge in [-0.3, -0.25) is 0 Å². The van der Waals surface area contributed by atoms with Crippen LogP contribution in [0.4, 0.5) is 0 Å². The van der Waals surface area contributed by atoms with E-state index >= 15 is 0 Å². The fraction of sp³-hybridized carbons (Fsp3) is 1.00. The maximum Gasteiger partial charge on any atom is 0.0226 e. The summed E-state index contributed by atoms with van der Waals surface area (Å²) in [5.41, 5.74) is 6.72. The first-order valence-electron chi connectivity index (χ1n) is 5.01.